The molecule has 0 aromatic heterocycles. The molecule has 0 unspecified atom stereocenters. The van der Waals surface area contributed by atoms with Crippen LogP contribution >= 0.6 is 0 Å². The molecule has 1 amide bonds. The second-order valence-electron chi connectivity index (χ2n) is 6.34. The fraction of sp³-hybridized carbons (Fsp3) is 0.588. The molecule has 0 atom stereocenters. The summed E-state index contributed by atoms with van der Waals surface area (Å²) in [5.41, 5.74) is 8.50. The Balaban J connectivity index is 1.91. The van der Waals surface area contributed by atoms with Crippen LogP contribution in [0.4, 0.5) is 0 Å². The Morgan fingerprint density at radius 3 is 2.65 bits per heavy atom. The van der Waals surface area contributed by atoms with E-state index in [2.05, 4.69) is 25.1 Å². The number of carbonyl (C=O) groups is 1. The number of amides is 1. The van der Waals surface area contributed by atoms with Gasteiger partial charge in [0.2, 0.25) is 5.91 Å². The normalized spacial score (nSPS) is 17.8. The highest BCUT2D eigenvalue weighted by Crippen LogP contribution is 2.29. The van der Waals surface area contributed by atoms with Gasteiger partial charge in [-0.05, 0) is 25.3 Å². The molecule has 3 heteroatoms. The lowest BCUT2D eigenvalue weighted by molar-refractivity contribution is -0.132. The van der Waals surface area contributed by atoms with Crippen LogP contribution in [0.3, 0.4) is 0 Å². The molecule has 0 aliphatic heterocycles. The third-order valence-corrected chi connectivity index (χ3v) is 4.28. The Bertz CT molecular complexity index is 464. The summed E-state index contributed by atoms with van der Waals surface area (Å²) in [7, 11) is 1.87. The third kappa shape index (κ3) is 4.07. The Morgan fingerprint density at radius 2 is 2.00 bits per heavy atom. The van der Waals surface area contributed by atoms with E-state index in [-0.39, 0.29) is 11.4 Å². The van der Waals surface area contributed by atoms with Gasteiger partial charge < -0.3 is 10.6 Å². The van der Waals surface area contributed by atoms with Gasteiger partial charge in [-0.25, -0.2) is 0 Å². The lowest BCUT2D eigenvalue weighted by atomic mass is 9.80. The fourth-order valence-corrected chi connectivity index (χ4v) is 3.04. The first-order valence-electron chi connectivity index (χ1n) is 7.57. The number of hydrogen-bond acceptors (Lipinski definition) is 2. The number of aryl methyl sites for hydroxylation is 1. The van der Waals surface area contributed by atoms with E-state index in [9.17, 15) is 4.79 Å². The van der Waals surface area contributed by atoms with Crippen molar-refractivity contribution in [3.63, 3.8) is 0 Å². The molecule has 2 N–H and O–H groups in total. The van der Waals surface area contributed by atoms with Gasteiger partial charge in [0.15, 0.2) is 0 Å². The van der Waals surface area contributed by atoms with Crippen molar-refractivity contribution in [3.05, 3.63) is 35.4 Å². The molecule has 1 aromatic carbocycles. The van der Waals surface area contributed by atoms with Crippen molar-refractivity contribution in [2.75, 3.05) is 7.05 Å². The predicted molar refractivity (Wildman–Crippen MR) is 82.3 cm³/mol. The largest absolute Gasteiger partial charge is 0.341 e. The average molecular weight is 274 g/mol. The van der Waals surface area contributed by atoms with Crippen molar-refractivity contribution < 1.29 is 4.79 Å². The molecule has 1 fully saturated rings. The van der Waals surface area contributed by atoms with E-state index in [1.165, 1.54) is 17.5 Å². The van der Waals surface area contributed by atoms with Crippen LogP contribution in [0.25, 0.3) is 0 Å². The summed E-state index contributed by atoms with van der Waals surface area (Å²) in [6, 6.07) is 8.30. The molecule has 1 aliphatic rings. The number of carbonyl (C=O) groups excluding carboxylic acids is 1. The van der Waals surface area contributed by atoms with E-state index < -0.39 is 0 Å². The number of nitrogens with zero attached hydrogens (tertiary/aromatic N) is 1. The van der Waals surface area contributed by atoms with Gasteiger partial charge in [-0.1, -0.05) is 49.1 Å². The van der Waals surface area contributed by atoms with Crippen molar-refractivity contribution in [1.29, 1.82) is 0 Å². The van der Waals surface area contributed by atoms with E-state index in [0.717, 1.165) is 25.7 Å². The Labute approximate surface area is 122 Å². The first-order chi connectivity index (χ1) is 9.48. The molecule has 2 rings (SSSR count). The van der Waals surface area contributed by atoms with Gasteiger partial charge >= 0.3 is 0 Å². The first-order valence-corrected chi connectivity index (χ1v) is 7.57. The number of rotatable bonds is 4. The van der Waals surface area contributed by atoms with Crippen LogP contribution in [0.15, 0.2) is 24.3 Å². The summed E-state index contributed by atoms with van der Waals surface area (Å²) < 4.78 is 0. The van der Waals surface area contributed by atoms with Crippen molar-refractivity contribution in [2.24, 2.45) is 5.73 Å². The summed E-state index contributed by atoms with van der Waals surface area (Å²) in [6.45, 7) is 2.73. The molecule has 0 radical (unpaired) electrons. The molecular weight excluding hydrogens is 248 g/mol. The molecule has 0 bridgehead atoms. The van der Waals surface area contributed by atoms with Gasteiger partial charge in [0.05, 0.1) is 0 Å². The minimum atomic E-state index is -0.268. The number of benzene rings is 1. The minimum absolute atomic E-state index is 0.163. The van der Waals surface area contributed by atoms with Crippen LogP contribution in [0.1, 0.15) is 49.7 Å². The maximum absolute atomic E-state index is 12.4. The molecule has 1 aliphatic carbocycles. The maximum Gasteiger partial charge on any atom is 0.224 e. The molecule has 0 saturated heterocycles. The summed E-state index contributed by atoms with van der Waals surface area (Å²) in [5, 5.41) is 0. The second-order valence-corrected chi connectivity index (χ2v) is 6.34. The number of nitrogens with two attached hydrogens (primary N) is 1. The van der Waals surface area contributed by atoms with Crippen molar-refractivity contribution in [1.82, 2.24) is 4.90 Å². The molecule has 110 valence electrons. The van der Waals surface area contributed by atoms with E-state index in [1.807, 2.05) is 13.1 Å². The van der Waals surface area contributed by atoms with Crippen LogP contribution in [0.5, 0.6) is 0 Å². The zero-order valence-corrected chi connectivity index (χ0v) is 12.7. The first kappa shape index (κ1) is 15.0. The molecule has 3 nitrogen and oxygen atoms in total. The highest BCUT2D eigenvalue weighted by molar-refractivity contribution is 5.77. The Kier molecular flexibility index (Phi) is 4.81. The average Bonchev–Trinajstić information content (AvgIpc) is 2.39. The predicted octanol–water partition coefficient (Wildman–Crippen LogP) is 3.01. The molecule has 1 aromatic rings. The summed E-state index contributed by atoms with van der Waals surface area (Å²) in [6.07, 6.45) is 6.02. The van der Waals surface area contributed by atoms with Gasteiger partial charge in [-0.3, -0.25) is 4.79 Å². The van der Waals surface area contributed by atoms with E-state index in [0.29, 0.717) is 13.0 Å². The topological polar surface area (TPSA) is 46.3 Å². The zero-order chi connectivity index (χ0) is 14.6. The van der Waals surface area contributed by atoms with E-state index >= 15 is 0 Å². The summed E-state index contributed by atoms with van der Waals surface area (Å²) in [5.74, 6) is 0.163. The highest BCUT2D eigenvalue weighted by atomic mass is 16.2. The molecule has 20 heavy (non-hydrogen) atoms. The standard InChI is InChI=1S/C17H26N2O/c1-14-7-6-8-15(11-14)13-19(2)16(20)12-17(18)9-4-3-5-10-17/h6-8,11H,3-5,9-10,12-13,18H2,1-2H3. The lowest BCUT2D eigenvalue weighted by Gasteiger charge is -2.34. The van der Waals surface area contributed by atoms with E-state index in [4.69, 9.17) is 5.73 Å². The van der Waals surface area contributed by atoms with Gasteiger partial charge in [0.25, 0.3) is 0 Å². The van der Waals surface area contributed by atoms with Crippen LogP contribution in [-0.4, -0.2) is 23.4 Å². The maximum atomic E-state index is 12.4. The number of hydrogen-bond donors (Lipinski definition) is 1. The molecular formula is C17H26N2O. The smallest absolute Gasteiger partial charge is 0.224 e. The van der Waals surface area contributed by atoms with Crippen LogP contribution in [-0.2, 0) is 11.3 Å². The highest BCUT2D eigenvalue weighted by Gasteiger charge is 2.31. The second kappa shape index (κ2) is 6.40. The SMILES string of the molecule is Cc1cccc(CN(C)C(=O)CC2(N)CCCCC2)c1. The summed E-state index contributed by atoms with van der Waals surface area (Å²) >= 11 is 0. The zero-order valence-electron chi connectivity index (χ0n) is 12.7. The molecule has 1 saturated carbocycles. The monoisotopic (exact) mass is 274 g/mol. The van der Waals surface area contributed by atoms with Crippen molar-refractivity contribution in [3.8, 4) is 0 Å². The summed E-state index contributed by atoms with van der Waals surface area (Å²) in [4.78, 5) is 14.2. The van der Waals surface area contributed by atoms with Crippen LogP contribution in [0.2, 0.25) is 0 Å². The van der Waals surface area contributed by atoms with Gasteiger partial charge in [-0.15, -0.1) is 0 Å². The molecule has 0 heterocycles. The fourth-order valence-electron chi connectivity index (χ4n) is 3.04. The van der Waals surface area contributed by atoms with Gasteiger partial charge in [0.1, 0.15) is 0 Å². The molecule has 0 spiro atoms. The van der Waals surface area contributed by atoms with Crippen LogP contribution in [0, 0.1) is 6.92 Å². The van der Waals surface area contributed by atoms with Crippen LogP contribution < -0.4 is 5.73 Å². The Hall–Kier alpha value is -1.35. The van der Waals surface area contributed by atoms with Crippen molar-refractivity contribution in [2.45, 2.75) is 57.5 Å². The van der Waals surface area contributed by atoms with Gasteiger partial charge in [-0.2, -0.15) is 0 Å². The van der Waals surface area contributed by atoms with Crippen molar-refractivity contribution >= 4 is 5.91 Å². The third-order valence-electron chi connectivity index (χ3n) is 4.28. The van der Waals surface area contributed by atoms with E-state index in [1.54, 1.807) is 4.90 Å². The Morgan fingerprint density at radius 1 is 1.30 bits per heavy atom. The quantitative estimate of drug-likeness (QED) is 0.917. The minimum Gasteiger partial charge on any atom is -0.341 e. The van der Waals surface area contributed by atoms with Gasteiger partial charge in [0, 0.05) is 25.6 Å². The lowest BCUT2D eigenvalue weighted by Crippen LogP contribution is -2.46.